The lowest BCUT2D eigenvalue weighted by atomic mass is 9.88. The fraction of sp³-hybridized carbons (Fsp3) is 0.562. The van der Waals surface area contributed by atoms with Gasteiger partial charge in [-0.2, -0.15) is 0 Å². The number of benzene rings is 1. The average molecular weight is 277 g/mol. The number of fused-ring (bicyclic) bond motifs is 1. The van der Waals surface area contributed by atoms with Gasteiger partial charge in [0.05, 0.1) is 24.7 Å². The fourth-order valence-electron chi connectivity index (χ4n) is 2.65. The largest absolute Gasteiger partial charge is 0.493 e. The highest BCUT2D eigenvalue weighted by atomic mass is 16.5. The Balaban J connectivity index is 2.19. The third-order valence-corrected chi connectivity index (χ3v) is 4.32. The first-order chi connectivity index (χ1) is 9.65. The molecule has 2 rings (SSSR count). The van der Waals surface area contributed by atoms with Crippen LogP contribution in [0.15, 0.2) is 24.3 Å². The Bertz CT molecular complexity index is 460. The van der Waals surface area contributed by atoms with Crippen LogP contribution >= 0.6 is 0 Å². The van der Waals surface area contributed by atoms with Crippen LogP contribution in [0.3, 0.4) is 0 Å². The molecular weight excluding hydrogens is 254 g/mol. The molecule has 0 bridgehead atoms. The van der Waals surface area contributed by atoms with E-state index in [1.807, 2.05) is 38.1 Å². The number of para-hydroxylation sites is 1. The van der Waals surface area contributed by atoms with Gasteiger partial charge in [0.25, 0.3) is 0 Å². The number of carbonyl (C=O) groups is 1. The molecule has 1 atom stereocenters. The first-order valence-electron chi connectivity index (χ1n) is 7.30. The first-order valence-corrected chi connectivity index (χ1v) is 7.30. The quantitative estimate of drug-likeness (QED) is 0.867. The lowest BCUT2D eigenvalue weighted by Gasteiger charge is -2.34. The Hall–Kier alpha value is -1.55. The molecule has 0 aliphatic carbocycles. The minimum absolute atomic E-state index is 0.0153. The van der Waals surface area contributed by atoms with Crippen molar-refractivity contribution < 1.29 is 14.6 Å². The van der Waals surface area contributed by atoms with Gasteiger partial charge in [-0.05, 0) is 25.3 Å². The minimum Gasteiger partial charge on any atom is -0.493 e. The number of rotatable bonds is 5. The van der Waals surface area contributed by atoms with Crippen molar-refractivity contribution in [2.24, 2.45) is 0 Å². The first kappa shape index (κ1) is 14.9. The van der Waals surface area contributed by atoms with Gasteiger partial charge in [-0.1, -0.05) is 32.0 Å². The van der Waals surface area contributed by atoms with E-state index in [1.165, 1.54) is 0 Å². The third kappa shape index (κ3) is 2.80. The molecule has 0 radical (unpaired) electrons. The van der Waals surface area contributed by atoms with Crippen molar-refractivity contribution in [1.82, 2.24) is 5.32 Å². The summed E-state index contributed by atoms with van der Waals surface area (Å²) in [4.78, 5) is 12.6. The zero-order valence-corrected chi connectivity index (χ0v) is 12.2. The average Bonchev–Trinajstić information content (AvgIpc) is 2.52. The highest BCUT2D eigenvalue weighted by molar-refractivity contribution is 5.85. The molecule has 0 fully saturated rings. The smallest absolute Gasteiger partial charge is 0.228 e. The molecular formula is C16H23NO3. The van der Waals surface area contributed by atoms with E-state index in [4.69, 9.17) is 4.74 Å². The molecule has 4 nitrogen and oxygen atoms in total. The van der Waals surface area contributed by atoms with Crippen molar-refractivity contribution in [3.05, 3.63) is 29.8 Å². The van der Waals surface area contributed by atoms with Gasteiger partial charge < -0.3 is 15.2 Å². The molecule has 4 heteroatoms. The van der Waals surface area contributed by atoms with Crippen molar-refractivity contribution in [1.29, 1.82) is 0 Å². The normalized spacial score (nSPS) is 18.1. The summed E-state index contributed by atoms with van der Waals surface area (Å²) in [6.07, 6.45) is 2.12. The standard InChI is InChI=1S/C16H23NO3/c1-3-16(4-2,11-18)17-15(19)13-9-10-20-14-8-6-5-7-12(13)14/h5-8,13,18H,3-4,9-11H2,1-2H3,(H,17,19). The third-order valence-electron chi connectivity index (χ3n) is 4.32. The number of ether oxygens (including phenoxy) is 1. The molecule has 1 unspecified atom stereocenters. The van der Waals surface area contributed by atoms with E-state index in [0.29, 0.717) is 13.0 Å². The summed E-state index contributed by atoms with van der Waals surface area (Å²) in [6, 6.07) is 7.67. The molecule has 1 amide bonds. The Labute approximate surface area is 120 Å². The summed E-state index contributed by atoms with van der Waals surface area (Å²) in [5.74, 6) is 0.587. The lowest BCUT2D eigenvalue weighted by molar-refractivity contribution is -0.126. The number of aliphatic hydroxyl groups is 1. The van der Waals surface area contributed by atoms with Crippen LogP contribution in [0.4, 0.5) is 0 Å². The molecule has 1 heterocycles. The van der Waals surface area contributed by atoms with Gasteiger partial charge >= 0.3 is 0 Å². The van der Waals surface area contributed by atoms with Gasteiger partial charge in [-0.15, -0.1) is 0 Å². The number of amides is 1. The molecule has 0 saturated heterocycles. The summed E-state index contributed by atoms with van der Waals surface area (Å²) < 4.78 is 5.58. The van der Waals surface area contributed by atoms with Crippen LogP contribution in [0.5, 0.6) is 5.75 Å². The monoisotopic (exact) mass is 277 g/mol. The van der Waals surface area contributed by atoms with Crippen molar-refractivity contribution in [2.75, 3.05) is 13.2 Å². The van der Waals surface area contributed by atoms with Gasteiger partial charge in [0.1, 0.15) is 5.75 Å². The van der Waals surface area contributed by atoms with Gasteiger partial charge in [0.2, 0.25) is 5.91 Å². The minimum atomic E-state index is -0.510. The maximum atomic E-state index is 12.6. The van der Waals surface area contributed by atoms with Crippen LogP contribution in [0.2, 0.25) is 0 Å². The van der Waals surface area contributed by atoms with E-state index < -0.39 is 5.54 Å². The van der Waals surface area contributed by atoms with Crippen molar-refractivity contribution >= 4 is 5.91 Å². The SMILES string of the molecule is CCC(CC)(CO)NC(=O)C1CCOc2ccccc21. The van der Waals surface area contributed by atoms with Gasteiger partial charge in [-0.25, -0.2) is 0 Å². The fourth-order valence-corrected chi connectivity index (χ4v) is 2.65. The van der Waals surface area contributed by atoms with Crippen LogP contribution < -0.4 is 10.1 Å². The maximum Gasteiger partial charge on any atom is 0.228 e. The van der Waals surface area contributed by atoms with Crippen molar-refractivity contribution in [2.45, 2.75) is 44.6 Å². The molecule has 1 aromatic rings. The molecule has 20 heavy (non-hydrogen) atoms. The summed E-state index contributed by atoms with van der Waals surface area (Å²) in [6.45, 7) is 4.49. The number of carbonyl (C=O) groups excluding carboxylic acids is 1. The van der Waals surface area contributed by atoms with Gasteiger partial charge in [0, 0.05) is 5.56 Å². The van der Waals surface area contributed by atoms with Crippen molar-refractivity contribution in [3.63, 3.8) is 0 Å². The highest BCUT2D eigenvalue weighted by Crippen LogP contribution is 2.34. The van der Waals surface area contributed by atoms with Crippen LogP contribution in [-0.4, -0.2) is 29.8 Å². The molecule has 0 aromatic heterocycles. The molecule has 110 valence electrons. The van der Waals surface area contributed by atoms with E-state index in [-0.39, 0.29) is 18.4 Å². The van der Waals surface area contributed by atoms with Crippen molar-refractivity contribution in [3.8, 4) is 5.75 Å². The second-order valence-corrected chi connectivity index (χ2v) is 5.36. The van der Waals surface area contributed by atoms with Gasteiger partial charge in [-0.3, -0.25) is 4.79 Å². The number of hydrogen-bond acceptors (Lipinski definition) is 3. The van der Waals surface area contributed by atoms with Crippen LogP contribution in [0.25, 0.3) is 0 Å². The van der Waals surface area contributed by atoms with E-state index >= 15 is 0 Å². The molecule has 1 aromatic carbocycles. The van der Waals surface area contributed by atoms with Crippen LogP contribution in [0, 0.1) is 0 Å². The van der Waals surface area contributed by atoms with Crippen LogP contribution in [-0.2, 0) is 4.79 Å². The van der Waals surface area contributed by atoms with E-state index in [2.05, 4.69) is 5.32 Å². The summed E-state index contributed by atoms with van der Waals surface area (Å²) in [5, 5.41) is 12.6. The Kier molecular flexibility index (Phi) is 4.65. The molecule has 2 N–H and O–H groups in total. The Morgan fingerprint density at radius 2 is 2.10 bits per heavy atom. The predicted molar refractivity (Wildman–Crippen MR) is 77.8 cm³/mol. The number of aliphatic hydroxyl groups excluding tert-OH is 1. The van der Waals surface area contributed by atoms with E-state index in [0.717, 1.165) is 24.2 Å². The molecule has 1 aliphatic heterocycles. The summed E-state index contributed by atoms with van der Waals surface area (Å²) in [5.41, 5.74) is 0.430. The van der Waals surface area contributed by atoms with Gasteiger partial charge in [0.15, 0.2) is 0 Å². The predicted octanol–water partition coefficient (Wildman–Crippen LogP) is 2.22. The van der Waals surface area contributed by atoms with Crippen LogP contribution in [0.1, 0.15) is 44.6 Å². The Morgan fingerprint density at radius 3 is 2.75 bits per heavy atom. The number of hydrogen-bond donors (Lipinski definition) is 2. The maximum absolute atomic E-state index is 12.6. The topological polar surface area (TPSA) is 58.6 Å². The highest BCUT2D eigenvalue weighted by Gasteiger charge is 2.33. The lowest BCUT2D eigenvalue weighted by Crippen LogP contribution is -2.52. The summed E-state index contributed by atoms with van der Waals surface area (Å²) >= 11 is 0. The van der Waals surface area contributed by atoms with E-state index in [1.54, 1.807) is 0 Å². The second-order valence-electron chi connectivity index (χ2n) is 5.36. The zero-order chi connectivity index (χ0) is 14.6. The molecule has 0 spiro atoms. The number of nitrogens with one attached hydrogen (secondary N) is 1. The second kappa shape index (κ2) is 6.27. The van der Waals surface area contributed by atoms with E-state index in [9.17, 15) is 9.90 Å². The molecule has 1 aliphatic rings. The molecule has 0 saturated carbocycles. The Morgan fingerprint density at radius 1 is 1.40 bits per heavy atom. The summed E-state index contributed by atoms with van der Waals surface area (Å²) in [7, 11) is 0. The zero-order valence-electron chi connectivity index (χ0n) is 12.2.